The maximum absolute atomic E-state index is 13.8. The third-order valence-corrected chi connectivity index (χ3v) is 7.15. The Bertz CT molecular complexity index is 1120. The predicted octanol–water partition coefficient (Wildman–Crippen LogP) is 4.17. The first kappa shape index (κ1) is 21.6. The van der Waals surface area contributed by atoms with E-state index in [1.54, 1.807) is 25.2 Å². The smallest absolute Gasteiger partial charge is 0.278 e. The van der Waals surface area contributed by atoms with Crippen LogP contribution in [0.2, 0.25) is 0 Å². The van der Waals surface area contributed by atoms with Gasteiger partial charge in [0.25, 0.3) is 11.8 Å². The Hall–Kier alpha value is -3.28. The summed E-state index contributed by atoms with van der Waals surface area (Å²) in [5.41, 5.74) is 4.21. The van der Waals surface area contributed by atoms with Gasteiger partial charge in [0.1, 0.15) is 5.70 Å². The summed E-state index contributed by atoms with van der Waals surface area (Å²) in [6.07, 6.45) is 5.89. The average Bonchev–Trinajstić information content (AvgIpc) is 3.13. The minimum Gasteiger partial charge on any atom is -0.493 e. The zero-order chi connectivity index (χ0) is 22.9. The molecule has 0 radical (unpaired) electrons. The van der Waals surface area contributed by atoms with Crippen LogP contribution in [0.25, 0.3) is 5.57 Å². The van der Waals surface area contributed by atoms with Crippen LogP contribution < -0.4 is 9.47 Å². The number of imide groups is 1. The molecule has 1 aliphatic carbocycles. The Kier molecular flexibility index (Phi) is 5.83. The number of fused-ring (bicyclic) bond motifs is 1. The standard InChI is InChI=1S/C27H30N2O4/c1-32-22-13-12-19(16-23(22)33-2)24-25(28-15-14-18-8-6-7-9-20(18)17-28)27(31)29(26(24)30)21-10-4-3-5-11-21/h6-9,12-13,16,21H,3-5,10-11,14-15,17H2,1-2H3. The second-order valence-corrected chi connectivity index (χ2v) is 9.01. The van der Waals surface area contributed by atoms with Gasteiger partial charge < -0.3 is 14.4 Å². The Morgan fingerprint density at radius 3 is 2.30 bits per heavy atom. The largest absolute Gasteiger partial charge is 0.493 e. The van der Waals surface area contributed by atoms with Crippen molar-refractivity contribution in [2.45, 2.75) is 51.1 Å². The average molecular weight is 447 g/mol. The highest BCUT2D eigenvalue weighted by atomic mass is 16.5. The minimum atomic E-state index is -0.187. The van der Waals surface area contributed by atoms with Crippen LogP contribution in [0, 0.1) is 0 Å². The third-order valence-electron chi connectivity index (χ3n) is 7.15. The van der Waals surface area contributed by atoms with Crippen LogP contribution >= 0.6 is 0 Å². The van der Waals surface area contributed by atoms with Gasteiger partial charge in [-0.3, -0.25) is 14.5 Å². The molecule has 6 heteroatoms. The van der Waals surface area contributed by atoms with E-state index in [2.05, 4.69) is 23.1 Å². The van der Waals surface area contributed by atoms with E-state index in [9.17, 15) is 9.59 Å². The van der Waals surface area contributed by atoms with Gasteiger partial charge in [0, 0.05) is 19.1 Å². The van der Waals surface area contributed by atoms with Crippen LogP contribution in [-0.4, -0.2) is 48.4 Å². The highest BCUT2D eigenvalue weighted by molar-refractivity contribution is 6.35. The number of benzene rings is 2. The van der Waals surface area contributed by atoms with Crippen molar-refractivity contribution in [1.29, 1.82) is 0 Å². The molecular formula is C27H30N2O4. The van der Waals surface area contributed by atoms with Gasteiger partial charge in [-0.15, -0.1) is 0 Å². The Labute approximate surface area is 194 Å². The van der Waals surface area contributed by atoms with Crippen LogP contribution in [0.3, 0.4) is 0 Å². The van der Waals surface area contributed by atoms with Gasteiger partial charge in [-0.1, -0.05) is 49.6 Å². The van der Waals surface area contributed by atoms with E-state index < -0.39 is 0 Å². The van der Waals surface area contributed by atoms with Crippen molar-refractivity contribution in [3.8, 4) is 11.5 Å². The van der Waals surface area contributed by atoms with E-state index in [0.29, 0.717) is 41.4 Å². The normalized spacial score (nSPS) is 19.2. The van der Waals surface area contributed by atoms with Crippen LogP contribution in [0.1, 0.15) is 48.8 Å². The van der Waals surface area contributed by atoms with Crippen LogP contribution in [0.15, 0.2) is 48.2 Å². The SMILES string of the molecule is COc1ccc(C2=C(N3CCc4ccccc4C3)C(=O)N(C3CCCCC3)C2=O)cc1OC. The summed E-state index contributed by atoms with van der Waals surface area (Å²) in [5, 5.41) is 0. The first-order chi connectivity index (χ1) is 16.1. The molecule has 172 valence electrons. The number of carbonyl (C=O) groups is 2. The van der Waals surface area contributed by atoms with Crippen molar-refractivity contribution in [1.82, 2.24) is 9.80 Å². The molecule has 1 saturated carbocycles. The van der Waals surface area contributed by atoms with Crippen molar-refractivity contribution in [3.05, 3.63) is 64.9 Å². The number of rotatable bonds is 5. The zero-order valence-corrected chi connectivity index (χ0v) is 19.3. The summed E-state index contributed by atoms with van der Waals surface area (Å²) >= 11 is 0. The van der Waals surface area contributed by atoms with E-state index in [0.717, 1.165) is 32.1 Å². The molecule has 0 aromatic heterocycles. The molecule has 5 rings (SSSR count). The summed E-state index contributed by atoms with van der Waals surface area (Å²) in [6, 6.07) is 13.8. The van der Waals surface area contributed by atoms with Gasteiger partial charge in [0.15, 0.2) is 11.5 Å². The molecule has 0 saturated heterocycles. The van der Waals surface area contributed by atoms with E-state index in [-0.39, 0.29) is 17.9 Å². The van der Waals surface area contributed by atoms with Crippen molar-refractivity contribution in [3.63, 3.8) is 0 Å². The molecule has 6 nitrogen and oxygen atoms in total. The van der Waals surface area contributed by atoms with Gasteiger partial charge in [0.2, 0.25) is 0 Å². The second kappa shape index (κ2) is 8.93. The maximum atomic E-state index is 13.8. The number of methoxy groups -OCH3 is 2. The molecule has 1 fully saturated rings. The molecule has 2 aromatic carbocycles. The molecule has 0 bridgehead atoms. The molecule has 0 unspecified atom stereocenters. The van der Waals surface area contributed by atoms with Crippen molar-refractivity contribution >= 4 is 17.4 Å². The van der Waals surface area contributed by atoms with Gasteiger partial charge in [-0.05, 0) is 48.1 Å². The summed E-state index contributed by atoms with van der Waals surface area (Å²) in [6.45, 7) is 1.33. The van der Waals surface area contributed by atoms with E-state index in [1.807, 2.05) is 18.2 Å². The minimum absolute atomic E-state index is 0.0246. The fraction of sp³-hybridized carbons (Fsp3) is 0.407. The molecule has 2 aromatic rings. The Morgan fingerprint density at radius 2 is 1.58 bits per heavy atom. The summed E-state index contributed by atoms with van der Waals surface area (Å²) in [7, 11) is 3.16. The maximum Gasteiger partial charge on any atom is 0.278 e. The van der Waals surface area contributed by atoms with E-state index in [4.69, 9.17) is 9.47 Å². The molecule has 0 N–H and O–H groups in total. The first-order valence-electron chi connectivity index (χ1n) is 11.8. The Morgan fingerprint density at radius 1 is 0.848 bits per heavy atom. The van der Waals surface area contributed by atoms with Crippen molar-refractivity contribution in [2.75, 3.05) is 20.8 Å². The number of hydrogen-bond acceptors (Lipinski definition) is 5. The topological polar surface area (TPSA) is 59.1 Å². The number of hydrogen-bond donors (Lipinski definition) is 0. The van der Waals surface area contributed by atoms with Crippen LogP contribution in [0.4, 0.5) is 0 Å². The van der Waals surface area contributed by atoms with E-state index >= 15 is 0 Å². The quantitative estimate of drug-likeness (QED) is 0.645. The molecule has 0 atom stereocenters. The number of amides is 2. The number of ether oxygens (including phenoxy) is 2. The van der Waals surface area contributed by atoms with Gasteiger partial charge >= 0.3 is 0 Å². The molecule has 2 heterocycles. The van der Waals surface area contributed by atoms with Gasteiger partial charge in [-0.25, -0.2) is 0 Å². The molecule has 2 amide bonds. The zero-order valence-electron chi connectivity index (χ0n) is 19.3. The molecule has 2 aliphatic heterocycles. The van der Waals surface area contributed by atoms with Crippen LogP contribution in [-0.2, 0) is 22.6 Å². The number of nitrogens with zero attached hydrogens (tertiary/aromatic N) is 2. The van der Waals surface area contributed by atoms with Crippen molar-refractivity contribution < 1.29 is 19.1 Å². The monoisotopic (exact) mass is 446 g/mol. The van der Waals surface area contributed by atoms with Gasteiger partial charge in [-0.2, -0.15) is 0 Å². The third kappa shape index (κ3) is 3.77. The lowest BCUT2D eigenvalue weighted by molar-refractivity contribution is -0.141. The lowest BCUT2D eigenvalue weighted by Gasteiger charge is -2.33. The second-order valence-electron chi connectivity index (χ2n) is 9.01. The highest BCUT2D eigenvalue weighted by Crippen LogP contribution is 2.40. The number of carbonyl (C=O) groups excluding carboxylic acids is 2. The molecule has 3 aliphatic rings. The van der Waals surface area contributed by atoms with Crippen LogP contribution in [0.5, 0.6) is 11.5 Å². The summed E-state index contributed by atoms with van der Waals surface area (Å²) in [4.78, 5) is 31.3. The first-order valence-corrected chi connectivity index (χ1v) is 11.8. The summed E-state index contributed by atoms with van der Waals surface area (Å²) in [5.74, 6) is 0.794. The lowest BCUT2D eigenvalue weighted by Crippen LogP contribution is -2.44. The predicted molar refractivity (Wildman–Crippen MR) is 126 cm³/mol. The van der Waals surface area contributed by atoms with Gasteiger partial charge in [0.05, 0.1) is 19.8 Å². The lowest BCUT2D eigenvalue weighted by atomic mass is 9.94. The van der Waals surface area contributed by atoms with E-state index in [1.165, 1.54) is 17.5 Å². The fourth-order valence-electron chi connectivity index (χ4n) is 5.44. The van der Waals surface area contributed by atoms with Crippen molar-refractivity contribution in [2.24, 2.45) is 0 Å². The Balaban J connectivity index is 1.59. The molecule has 33 heavy (non-hydrogen) atoms. The fourth-order valence-corrected chi connectivity index (χ4v) is 5.44. The highest BCUT2D eigenvalue weighted by Gasteiger charge is 2.45. The molecule has 0 spiro atoms. The molecular weight excluding hydrogens is 416 g/mol. The summed E-state index contributed by atoms with van der Waals surface area (Å²) < 4.78 is 10.9.